The Labute approximate surface area is 186 Å². The van der Waals surface area contributed by atoms with Crippen LogP contribution in [0.5, 0.6) is 17.2 Å². The molecular formula is C23H26N4O5. The molecule has 32 heavy (non-hydrogen) atoms. The highest BCUT2D eigenvalue weighted by Gasteiger charge is 2.28. The molecule has 1 aliphatic heterocycles. The summed E-state index contributed by atoms with van der Waals surface area (Å²) in [6.07, 6.45) is 1.36. The van der Waals surface area contributed by atoms with E-state index in [-0.39, 0.29) is 11.8 Å². The summed E-state index contributed by atoms with van der Waals surface area (Å²) in [6.45, 7) is 1.31. The van der Waals surface area contributed by atoms with Crippen LogP contribution in [0.3, 0.4) is 0 Å². The van der Waals surface area contributed by atoms with Crippen LogP contribution in [-0.4, -0.2) is 50.5 Å². The summed E-state index contributed by atoms with van der Waals surface area (Å²) in [6, 6.07) is 13.6. The molecule has 0 bridgehead atoms. The van der Waals surface area contributed by atoms with Crippen LogP contribution in [0.25, 0.3) is 11.4 Å². The monoisotopic (exact) mass is 438 g/mol. The molecule has 3 aromatic rings. The number of hydrogen-bond acceptors (Lipinski definition) is 8. The van der Waals surface area contributed by atoms with Crippen molar-refractivity contribution < 1.29 is 23.5 Å². The molecule has 9 heteroatoms. The van der Waals surface area contributed by atoms with E-state index in [1.54, 1.807) is 33.5 Å². The lowest BCUT2D eigenvalue weighted by molar-refractivity contribution is -0.120. The Hall–Kier alpha value is -3.75. The maximum atomic E-state index is 12.9. The highest BCUT2D eigenvalue weighted by atomic mass is 16.5. The Morgan fingerprint density at radius 2 is 1.69 bits per heavy atom. The molecule has 0 atom stereocenters. The molecule has 1 aliphatic rings. The molecule has 0 saturated carbocycles. The van der Waals surface area contributed by atoms with Crippen molar-refractivity contribution in [2.24, 2.45) is 5.92 Å². The maximum Gasteiger partial charge on any atom is 0.324 e. The number of anilines is 2. The summed E-state index contributed by atoms with van der Waals surface area (Å²) in [7, 11) is 4.62. The summed E-state index contributed by atoms with van der Waals surface area (Å²) < 4.78 is 21.5. The first-order valence-corrected chi connectivity index (χ1v) is 10.4. The Morgan fingerprint density at radius 1 is 1.03 bits per heavy atom. The number of nitrogens with zero attached hydrogens (tertiary/aromatic N) is 3. The quantitative estimate of drug-likeness (QED) is 0.597. The van der Waals surface area contributed by atoms with Gasteiger partial charge in [-0.3, -0.25) is 4.79 Å². The van der Waals surface area contributed by atoms with Crippen LogP contribution in [0.4, 0.5) is 11.7 Å². The average molecular weight is 438 g/mol. The summed E-state index contributed by atoms with van der Waals surface area (Å²) in [4.78, 5) is 19.4. The molecular weight excluding hydrogens is 412 g/mol. The van der Waals surface area contributed by atoms with E-state index in [4.69, 9.17) is 18.7 Å². The third kappa shape index (κ3) is 4.46. The molecule has 2 heterocycles. The minimum Gasteiger partial charge on any atom is -0.493 e. The zero-order valence-corrected chi connectivity index (χ0v) is 18.3. The van der Waals surface area contributed by atoms with Gasteiger partial charge in [0.1, 0.15) is 0 Å². The SMILES string of the molecule is COc1cc(NC(=O)C2CCN(c3nc(-c4ccccc4)no3)CC2)cc(OC)c1OC. The molecule has 9 nitrogen and oxygen atoms in total. The molecule has 0 aliphatic carbocycles. The molecule has 0 spiro atoms. The summed E-state index contributed by atoms with van der Waals surface area (Å²) in [5.74, 6) is 1.85. The second kappa shape index (κ2) is 9.59. The van der Waals surface area contributed by atoms with Crippen LogP contribution in [0.2, 0.25) is 0 Å². The van der Waals surface area contributed by atoms with Crippen LogP contribution < -0.4 is 24.4 Å². The number of methoxy groups -OCH3 is 3. The van der Waals surface area contributed by atoms with Crippen molar-refractivity contribution >= 4 is 17.6 Å². The van der Waals surface area contributed by atoms with Crippen molar-refractivity contribution in [2.45, 2.75) is 12.8 Å². The van der Waals surface area contributed by atoms with Gasteiger partial charge in [-0.05, 0) is 12.8 Å². The standard InChI is InChI=1S/C23H26N4O5/c1-29-18-13-17(14-19(30-2)20(18)31-3)24-22(28)16-9-11-27(12-10-16)23-25-21(26-32-23)15-7-5-4-6-8-15/h4-8,13-14,16H,9-12H2,1-3H3,(H,24,28). The topological polar surface area (TPSA) is 99.0 Å². The normalized spacial score (nSPS) is 14.2. The summed E-state index contributed by atoms with van der Waals surface area (Å²) >= 11 is 0. The van der Waals surface area contributed by atoms with Gasteiger partial charge in [0.2, 0.25) is 17.5 Å². The van der Waals surface area contributed by atoms with Crippen molar-refractivity contribution in [1.29, 1.82) is 0 Å². The number of nitrogens with one attached hydrogen (secondary N) is 1. The molecule has 1 amide bonds. The van der Waals surface area contributed by atoms with Crippen molar-refractivity contribution in [1.82, 2.24) is 10.1 Å². The third-order valence-electron chi connectivity index (χ3n) is 5.52. The number of carbonyl (C=O) groups excluding carboxylic acids is 1. The number of rotatable bonds is 7. The van der Waals surface area contributed by atoms with E-state index in [0.29, 0.717) is 60.7 Å². The largest absolute Gasteiger partial charge is 0.493 e. The molecule has 1 fully saturated rings. The number of benzene rings is 2. The van der Waals surface area contributed by atoms with Gasteiger partial charge in [-0.15, -0.1) is 0 Å². The van der Waals surface area contributed by atoms with Crippen LogP contribution in [0.1, 0.15) is 12.8 Å². The van der Waals surface area contributed by atoms with Crippen LogP contribution in [0.15, 0.2) is 47.0 Å². The predicted molar refractivity (Wildman–Crippen MR) is 119 cm³/mol. The Balaban J connectivity index is 1.38. The second-order valence-corrected chi connectivity index (χ2v) is 7.43. The number of carbonyl (C=O) groups is 1. The minimum atomic E-state index is -0.123. The fraction of sp³-hybridized carbons (Fsp3) is 0.348. The number of hydrogen-bond donors (Lipinski definition) is 1. The van der Waals surface area contributed by atoms with Crippen molar-refractivity contribution in [3.05, 3.63) is 42.5 Å². The zero-order valence-electron chi connectivity index (χ0n) is 18.3. The maximum absolute atomic E-state index is 12.9. The summed E-state index contributed by atoms with van der Waals surface area (Å²) in [5, 5.41) is 7.05. The highest BCUT2D eigenvalue weighted by Crippen LogP contribution is 2.40. The van der Waals surface area contributed by atoms with E-state index in [2.05, 4.69) is 15.5 Å². The van der Waals surface area contributed by atoms with Gasteiger partial charge >= 0.3 is 6.01 Å². The lowest BCUT2D eigenvalue weighted by atomic mass is 9.96. The molecule has 168 valence electrons. The molecule has 0 radical (unpaired) electrons. The Morgan fingerprint density at radius 3 is 2.28 bits per heavy atom. The van der Waals surface area contributed by atoms with Crippen molar-refractivity contribution in [3.8, 4) is 28.6 Å². The number of ether oxygens (including phenoxy) is 3. The van der Waals surface area contributed by atoms with Crippen molar-refractivity contribution in [3.63, 3.8) is 0 Å². The van der Waals surface area contributed by atoms with Gasteiger partial charge in [0.15, 0.2) is 11.5 Å². The first kappa shape index (κ1) is 21.5. The Kier molecular flexibility index (Phi) is 6.44. The van der Waals surface area contributed by atoms with E-state index in [0.717, 1.165) is 5.56 Å². The zero-order chi connectivity index (χ0) is 22.5. The van der Waals surface area contributed by atoms with Gasteiger partial charge in [-0.25, -0.2) is 0 Å². The first-order chi connectivity index (χ1) is 15.6. The lowest BCUT2D eigenvalue weighted by Crippen LogP contribution is -2.38. The van der Waals surface area contributed by atoms with Gasteiger partial charge in [-0.2, -0.15) is 4.98 Å². The van der Waals surface area contributed by atoms with Crippen molar-refractivity contribution in [2.75, 3.05) is 44.6 Å². The molecule has 0 unspecified atom stereocenters. The van der Waals surface area contributed by atoms with Gasteiger partial charge in [0, 0.05) is 42.4 Å². The Bertz CT molecular complexity index is 1040. The van der Waals surface area contributed by atoms with E-state index in [1.807, 2.05) is 35.2 Å². The van der Waals surface area contributed by atoms with Crippen LogP contribution in [-0.2, 0) is 4.79 Å². The number of piperidine rings is 1. The number of amides is 1. The second-order valence-electron chi connectivity index (χ2n) is 7.43. The third-order valence-corrected chi connectivity index (χ3v) is 5.52. The van der Waals surface area contributed by atoms with E-state index in [1.165, 1.54) is 0 Å². The van der Waals surface area contributed by atoms with Gasteiger partial charge in [0.05, 0.1) is 21.3 Å². The summed E-state index contributed by atoms with van der Waals surface area (Å²) in [5.41, 5.74) is 1.50. The molecule has 4 rings (SSSR count). The molecule has 1 N–H and O–H groups in total. The van der Waals surface area contributed by atoms with Crippen LogP contribution >= 0.6 is 0 Å². The number of aromatic nitrogens is 2. The first-order valence-electron chi connectivity index (χ1n) is 10.4. The fourth-order valence-corrected chi connectivity index (χ4v) is 3.78. The van der Waals surface area contributed by atoms with Crippen LogP contribution in [0, 0.1) is 5.92 Å². The molecule has 1 aromatic heterocycles. The fourth-order valence-electron chi connectivity index (χ4n) is 3.78. The minimum absolute atomic E-state index is 0.0468. The molecule has 1 saturated heterocycles. The predicted octanol–water partition coefficient (Wildman–Crippen LogP) is 3.62. The van der Waals surface area contributed by atoms with Gasteiger partial charge < -0.3 is 29.0 Å². The lowest BCUT2D eigenvalue weighted by Gasteiger charge is -2.29. The molecule has 2 aromatic carbocycles. The van der Waals surface area contributed by atoms with Gasteiger partial charge in [0.25, 0.3) is 0 Å². The van der Waals surface area contributed by atoms with Gasteiger partial charge in [-0.1, -0.05) is 35.5 Å². The van der Waals surface area contributed by atoms with E-state index >= 15 is 0 Å². The van der Waals surface area contributed by atoms with E-state index < -0.39 is 0 Å². The smallest absolute Gasteiger partial charge is 0.324 e. The average Bonchev–Trinajstić information content (AvgIpc) is 3.34. The van der Waals surface area contributed by atoms with E-state index in [9.17, 15) is 4.79 Å². The highest BCUT2D eigenvalue weighted by molar-refractivity contribution is 5.93.